The van der Waals surface area contributed by atoms with E-state index >= 15 is 0 Å². The Morgan fingerprint density at radius 2 is 1.77 bits per heavy atom. The van der Waals surface area contributed by atoms with Crippen molar-refractivity contribution in [3.63, 3.8) is 0 Å². The van der Waals surface area contributed by atoms with Crippen LogP contribution < -0.4 is 0 Å². The SMILES string of the molecule is CCCCN(Cc1cccn1Cc1ccc(Br)cc1)C(=O)CN(CCCOCC)S(=O)(=O)c1cc(Cl)ccc1Cl. The Balaban J connectivity index is 1.84. The first-order valence-corrected chi connectivity index (χ1v) is 16.3. The summed E-state index contributed by atoms with van der Waals surface area (Å²) >= 11 is 15.8. The van der Waals surface area contributed by atoms with Crippen LogP contribution in [0.1, 0.15) is 44.4 Å². The standard InChI is InChI=1S/C29H36BrCl2N3O4S/c1-3-5-15-34(21-26-8-6-16-33(26)20-23-9-11-24(30)12-10-23)29(36)22-35(17-7-18-39-4-2)40(37,38)28-19-25(31)13-14-27(28)32/h6,8-14,16,19H,3-5,7,15,17-18,20-22H2,1-2H3. The van der Waals surface area contributed by atoms with Crippen molar-refractivity contribution in [2.24, 2.45) is 0 Å². The van der Waals surface area contributed by atoms with Crippen molar-refractivity contribution < 1.29 is 17.9 Å². The van der Waals surface area contributed by atoms with Gasteiger partial charge in [0, 0.05) is 54.2 Å². The Bertz CT molecular complexity index is 1350. The predicted octanol–water partition coefficient (Wildman–Crippen LogP) is 6.85. The van der Waals surface area contributed by atoms with Crippen LogP contribution in [0.3, 0.4) is 0 Å². The highest BCUT2D eigenvalue weighted by atomic mass is 79.9. The summed E-state index contributed by atoms with van der Waals surface area (Å²) in [6, 6.07) is 16.4. The Morgan fingerprint density at radius 3 is 2.48 bits per heavy atom. The topological polar surface area (TPSA) is 71.9 Å². The largest absolute Gasteiger partial charge is 0.382 e. The van der Waals surface area contributed by atoms with E-state index in [1.807, 2.05) is 37.4 Å². The molecule has 0 fully saturated rings. The minimum absolute atomic E-state index is 0.0558. The Kier molecular flexibility index (Phi) is 13.0. The van der Waals surface area contributed by atoms with E-state index in [2.05, 4.69) is 39.6 Å². The zero-order valence-corrected chi connectivity index (χ0v) is 26.8. The molecule has 1 amide bonds. The summed E-state index contributed by atoms with van der Waals surface area (Å²) in [7, 11) is -4.10. The first kappa shape index (κ1) is 32.6. The summed E-state index contributed by atoms with van der Waals surface area (Å²) in [4.78, 5) is 15.3. The first-order chi connectivity index (χ1) is 19.1. The smallest absolute Gasteiger partial charge is 0.245 e. The molecule has 7 nitrogen and oxygen atoms in total. The van der Waals surface area contributed by atoms with Crippen LogP contribution >= 0.6 is 39.1 Å². The number of halogens is 3. The van der Waals surface area contributed by atoms with Gasteiger partial charge in [-0.2, -0.15) is 4.31 Å². The van der Waals surface area contributed by atoms with Gasteiger partial charge in [-0.15, -0.1) is 0 Å². The van der Waals surface area contributed by atoms with E-state index in [4.69, 9.17) is 27.9 Å². The molecule has 0 N–H and O–H groups in total. The molecule has 11 heteroatoms. The van der Waals surface area contributed by atoms with Gasteiger partial charge >= 0.3 is 0 Å². The molecule has 0 unspecified atom stereocenters. The number of hydrogen-bond acceptors (Lipinski definition) is 4. The summed E-state index contributed by atoms with van der Waals surface area (Å²) in [5.41, 5.74) is 2.10. The van der Waals surface area contributed by atoms with Gasteiger partial charge in [-0.05, 0) is 67.8 Å². The molecule has 40 heavy (non-hydrogen) atoms. The molecule has 3 aromatic rings. The molecule has 0 bridgehead atoms. The monoisotopic (exact) mass is 671 g/mol. The molecule has 218 valence electrons. The van der Waals surface area contributed by atoms with Crippen LogP contribution in [0.25, 0.3) is 0 Å². The van der Waals surface area contributed by atoms with Crippen molar-refractivity contribution in [3.05, 3.63) is 86.6 Å². The maximum Gasteiger partial charge on any atom is 0.245 e. The molecule has 0 aliphatic rings. The van der Waals surface area contributed by atoms with Gasteiger partial charge < -0.3 is 14.2 Å². The average molecular weight is 674 g/mol. The molecule has 1 aromatic heterocycles. The first-order valence-electron chi connectivity index (χ1n) is 13.3. The van der Waals surface area contributed by atoms with Crippen molar-refractivity contribution in [1.29, 1.82) is 0 Å². The van der Waals surface area contributed by atoms with Gasteiger partial charge in [0.25, 0.3) is 0 Å². The predicted molar refractivity (Wildman–Crippen MR) is 164 cm³/mol. The van der Waals surface area contributed by atoms with E-state index in [9.17, 15) is 13.2 Å². The molecule has 0 spiro atoms. The second-order valence-electron chi connectivity index (χ2n) is 9.39. The van der Waals surface area contributed by atoms with Crippen LogP contribution in [0.4, 0.5) is 0 Å². The maximum atomic E-state index is 13.7. The highest BCUT2D eigenvalue weighted by molar-refractivity contribution is 9.10. The molecule has 0 radical (unpaired) electrons. The van der Waals surface area contributed by atoms with Crippen LogP contribution in [-0.4, -0.2) is 60.9 Å². The Morgan fingerprint density at radius 1 is 1.02 bits per heavy atom. The van der Waals surface area contributed by atoms with Crippen molar-refractivity contribution in [2.75, 3.05) is 32.8 Å². The van der Waals surface area contributed by atoms with Crippen LogP contribution in [0.5, 0.6) is 0 Å². The number of carbonyl (C=O) groups excluding carboxylic acids is 1. The van der Waals surface area contributed by atoms with Crippen LogP contribution in [0.15, 0.2) is 70.2 Å². The van der Waals surface area contributed by atoms with Gasteiger partial charge in [-0.25, -0.2) is 8.42 Å². The molecule has 0 saturated carbocycles. The minimum Gasteiger partial charge on any atom is -0.382 e. The van der Waals surface area contributed by atoms with E-state index in [1.54, 1.807) is 4.90 Å². The van der Waals surface area contributed by atoms with E-state index in [0.717, 1.165) is 28.6 Å². The molecule has 0 saturated heterocycles. The normalized spacial score (nSPS) is 11.8. The van der Waals surface area contributed by atoms with Gasteiger partial charge in [0.05, 0.1) is 18.1 Å². The van der Waals surface area contributed by atoms with Crippen molar-refractivity contribution in [1.82, 2.24) is 13.8 Å². The summed E-state index contributed by atoms with van der Waals surface area (Å²) in [5, 5.41) is 0.306. The van der Waals surface area contributed by atoms with Gasteiger partial charge in [-0.3, -0.25) is 4.79 Å². The number of nitrogens with zero attached hydrogens (tertiary/aromatic N) is 3. The fraction of sp³-hybridized carbons (Fsp3) is 0.414. The fourth-order valence-electron chi connectivity index (χ4n) is 4.21. The Labute approximate surface area is 256 Å². The van der Waals surface area contributed by atoms with Crippen molar-refractivity contribution >= 4 is 55.1 Å². The second kappa shape index (κ2) is 15.9. The van der Waals surface area contributed by atoms with Crippen LogP contribution in [0.2, 0.25) is 10.0 Å². The molecule has 0 atom stereocenters. The fourth-order valence-corrected chi connectivity index (χ4v) is 6.64. The highest BCUT2D eigenvalue weighted by Crippen LogP contribution is 2.28. The second-order valence-corrected chi connectivity index (χ2v) is 13.1. The molecule has 3 rings (SSSR count). The molecule has 0 aliphatic heterocycles. The number of carbonyl (C=O) groups is 1. The number of hydrogen-bond donors (Lipinski definition) is 0. The van der Waals surface area contributed by atoms with Crippen LogP contribution in [-0.2, 0) is 32.6 Å². The number of benzene rings is 2. The lowest BCUT2D eigenvalue weighted by Gasteiger charge is -2.28. The zero-order chi connectivity index (χ0) is 29.1. The zero-order valence-electron chi connectivity index (χ0n) is 22.9. The van der Waals surface area contributed by atoms with Crippen LogP contribution in [0, 0.1) is 0 Å². The van der Waals surface area contributed by atoms with Gasteiger partial charge in [0.2, 0.25) is 15.9 Å². The van der Waals surface area contributed by atoms with Gasteiger partial charge in [0.15, 0.2) is 0 Å². The van der Waals surface area contributed by atoms with Crippen molar-refractivity contribution in [2.45, 2.75) is 51.1 Å². The number of sulfonamides is 1. The van der Waals surface area contributed by atoms with E-state index in [1.165, 1.54) is 22.5 Å². The van der Waals surface area contributed by atoms with E-state index < -0.39 is 10.0 Å². The number of ether oxygens (including phenoxy) is 1. The third-order valence-corrected chi connectivity index (χ3v) is 9.49. The van der Waals surface area contributed by atoms with Gasteiger partial charge in [0.1, 0.15) is 4.90 Å². The summed E-state index contributed by atoms with van der Waals surface area (Å²) in [6.45, 7) is 6.19. The quantitative estimate of drug-likeness (QED) is 0.156. The third kappa shape index (κ3) is 9.33. The van der Waals surface area contributed by atoms with E-state index in [-0.39, 0.29) is 33.9 Å². The summed E-state index contributed by atoms with van der Waals surface area (Å²) in [6.07, 6.45) is 4.13. The maximum absolute atomic E-state index is 13.7. The van der Waals surface area contributed by atoms with E-state index in [0.29, 0.717) is 39.3 Å². The minimum atomic E-state index is -4.10. The number of amides is 1. The molecular formula is C29H36BrCl2N3O4S. The van der Waals surface area contributed by atoms with Gasteiger partial charge in [-0.1, -0.05) is 64.6 Å². The number of aromatic nitrogens is 1. The van der Waals surface area contributed by atoms with Crippen molar-refractivity contribution in [3.8, 4) is 0 Å². The average Bonchev–Trinajstić information content (AvgIpc) is 3.36. The molecular weight excluding hydrogens is 637 g/mol. The lowest BCUT2D eigenvalue weighted by molar-refractivity contribution is -0.132. The Hall–Kier alpha value is -1.88. The summed E-state index contributed by atoms with van der Waals surface area (Å²) < 4.78 is 37.1. The third-order valence-electron chi connectivity index (χ3n) is 6.40. The lowest BCUT2D eigenvalue weighted by atomic mass is 10.2. The number of rotatable bonds is 16. The molecule has 0 aliphatic carbocycles. The molecule has 2 aromatic carbocycles. The number of unbranched alkanes of at least 4 members (excludes halogenated alkanes) is 1. The molecule has 1 heterocycles. The summed E-state index contributed by atoms with van der Waals surface area (Å²) in [5.74, 6) is -0.275. The lowest BCUT2D eigenvalue weighted by Crippen LogP contribution is -2.43. The highest BCUT2D eigenvalue weighted by Gasteiger charge is 2.30.